The summed E-state index contributed by atoms with van der Waals surface area (Å²) in [5.41, 5.74) is 2.11. The van der Waals surface area contributed by atoms with Crippen LogP contribution >= 0.6 is 0 Å². The van der Waals surface area contributed by atoms with Crippen LogP contribution in [0.2, 0.25) is 0 Å². The van der Waals surface area contributed by atoms with Crippen LogP contribution in [0.4, 0.5) is 0 Å². The summed E-state index contributed by atoms with van der Waals surface area (Å²) < 4.78 is 0. The number of carbonyl (C=O) groups excluding carboxylic acids is 2. The fraction of sp³-hybridized carbons (Fsp3) is 0.318. The minimum Gasteiger partial charge on any atom is -0.339 e. The first-order chi connectivity index (χ1) is 13.7. The Kier molecular flexibility index (Phi) is 6.77. The average molecular weight is 376 g/mol. The molecule has 0 spiro atoms. The van der Waals surface area contributed by atoms with E-state index in [-0.39, 0.29) is 18.4 Å². The predicted octanol–water partition coefficient (Wildman–Crippen LogP) is 1.67. The Labute approximate surface area is 165 Å². The molecule has 0 aromatic heterocycles. The average Bonchev–Trinajstić information content (AvgIpc) is 2.77. The minimum absolute atomic E-state index is 0.0310. The van der Waals surface area contributed by atoms with Crippen molar-refractivity contribution in [3.8, 4) is 6.07 Å². The topological polar surface area (TPSA) is 76.4 Å². The van der Waals surface area contributed by atoms with Crippen molar-refractivity contribution >= 4 is 11.8 Å². The number of nitrogens with zero attached hydrogens (tertiary/aromatic N) is 3. The number of amides is 2. The van der Waals surface area contributed by atoms with Crippen LogP contribution < -0.4 is 5.32 Å². The van der Waals surface area contributed by atoms with Crippen molar-refractivity contribution in [1.82, 2.24) is 15.1 Å². The van der Waals surface area contributed by atoms with Gasteiger partial charge in [-0.3, -0.25) is 9.59 Å². The highest BCUT2D eigenvalue weighted by molar-refractivity contribution is 5.96. The van der Waals surface area contributed by atoms with Crippen molar-refractivity contribution in [2.45, 2.75) is 6.42 Å². The Hall–Kier alpha value is -3.17. The molecule has 0 bridgehead atoms. The second kappa shape index (κ2) is 9.67. The fourth-order valence-corrected chi connectivity index (χ4v) is 3.21. The number of hydrogen-bond donors (Lipinski definition) is 1. The summed E-state index contributed by atoms with van der Waals surface area (Å²) in [6, 6.07) is 18.5. The van der Waals surface area contributed by atoms with Gasteiger partial charge < -0.3 is 15.1 Å². The lowest BCUT2D eigenvalue weighted by Gasteiger charge is -2.30. The van der Waals surface area contributed by atoms with Crippen LogP contribution in [0, 0.1) is 11.3 Å². The fourth-order valence-electron chi connectivity index (χ4n) is 3.21. The molecule has 28 heavy (non-hydrogen) atoms. The number of hydrogen-bond acceptors (Lipinski definition) is 4. The second-order valence-corrected chi connectivity index (χ2v) is 6.78. The molecule has 0 saturated carbocycles. The standard InChI is InChI=1S/C22H24N4O2/c23-16-19-6-8-20(9-7-19)22(28)26(13-10-18-4-2-1-3-5-18)17-21(27)25-14-11-24-12-15-25/h1-9,24H,10-15,17H2. The van der Waals surface area contributed by atoms with E-state index in [4.69, 9.17) is 5.26 Å². The third kappa shape index (κ3) is 5.18. The molecule has 1 aliphatic rings. The van der Waals surface area contributed by atoms with Crippen LogP contribution in [0.3, 0.4) is 0 Å². The molecule has 1 aliphatic heterocycles. The molecule has 2 aromatic carbocycles. The van der Waals surface area contributed by atoms with Crippen molar-refractivity contribution < 1.29 is 9.59 Å². The first-order valence-corrected chi connectivity index (χ1v) is 9.49. The molecule has 2 amide bonds. The zero-order valence-corrected chi connectivity index (χ0v) is 15.8. The van der Waals surface area contributed by atoms with Gasteiger partial charge in [-0.1, -0.05) is 30.3 Å². The molecule has 1 fully saturated rings. The Morgan fingerprint density at radius 2 is 1.71 bits per heavy atom. The highest BCUT2D eigenvalue weighted by Gasteiger charge is 2.23. The van der Waals surface area contributed by atoms with Gasteiger partial charge in [-0.2, -0.15) is 5.26 Å². The van der Waals surface area contributed by atoms with E-state index in [9.17, 15) is 9.59 Å². The molecular formula is C22H24N4O2. The lowest BCUT2D eigenvalue weighted by Crippen LogP contribution is -2.50. The summed E-state index contributed by atoms with van der Waals surface area (Å²) in [4.78, 5) is 29.2. The van der Waals surface area contributed by atoms with Crippen LogP contribution in [0.5, 0.6) is 0 Å². The number of rotatable bonds is 6. The number of nitriles is 1. The summed E-state index contributed by atoms with van der Waals surface area (Å²) in [6.07, 6.45) is 0.678. The van der Waals surface area contributed by atoms with E-state index in [1.54, 1.807) is 34.1 Å². The number of carbonyl (C=O) groups is 2. The molecule has 1 N–H and O–H groups in total. The van der Waals surface area contributed by atoms with Crippen molar-refractivity contribution in [3.05, 3.63) is 71.3 Å². The van der Waals surface area contributed by atoms with E-state index in [2.05, 4.69) is 11.4 Å². The number of benzene rings is 2. The van der Waals surface area contributed by atoms with Crippen LogP contribution in [-0.2, 0) is 11.2 Å². The van der Waals surface area contributed by atoms with Crippen LogP contribution in [0.1, 0.15) is 21.5 Å². The Morgan fingerprint density at radius 3 is 2.36 bits per heavy atom. The molecule has 2 aromatic rings. The number of nitrogens with one attached hydrogen (secondary N) is 1. The maximum Gasteiger partial charge on any atom is 0.254 e. The van der Waals surface area contributed by atoms with Crippen LogP contribution in [0.25, 0.3) is 0 Å². The molecule has 6 nitrogen and oxygen atoms in total. The summed E-state index contributed by atoms with van der Waals surface area (Å²) in [6.45, 7) is 3.40. The summed E-state index contributed by atoms with van der Waals surface area (Å²) >= 11 is 0. The number of piperazine rings is 1. The van der Waals surface area contributed by atoms with Gasteiger partial charge in [0.25, 0.3) is 5.91 Å². The Morgan fingerprint density at radius 1 is 1.04 bits per heavy atom. The summed E-state index contributed by atoms with van der Waals surface area (Å²) in [7, 11) is 0. The first-order valence-electron chi connectivity index (χ1n) is 9.49. The van der Waals surface area contributed by atoms with Crippen molar-refractivity contribution in [2.75, 3.05) is 39.3 Å². The molecule has 0 atom stereocenters. The van der Waals surface area contributed by atoms with E-state index in [1.165, 1.54) is 0 Å². The van der Waals surface area contributed by atoms with Gasteiger partial charge in [-0.25, -0.2) is 0 Å². The second-order valence-electron chi connectivity index (χ2n) is 6.78. The molecule has 1 heterocycles. The van der Waals surface area contributed by atoms with Crippen molar-refractivity contribution in [1.29, 1.82) is 5.26 Å². The van der Waals surface area contributed by atoms with Crippen LogP contribution in [-0.4, -0.2) is 60.9 Å². The van der Waals surface area contributed by atoms with Crippen molar-refractivity contribution in [3.63, 3.8) is 0 Å². The molecule has 0 aliphatic carbocycles. The molecular weight excluding hydrogens is 352 g/mol. The van der Waals surface area contributed by atoms with Gasteiger partial charge in [-0.05, 0) is 36.2 Å². The van der Waals surface area contributed by atoms with E-state index in [0.717, 1.165) is 18.7 Å². The predicted molar refractivity (Wildman–Crippen MR) is 107 cm³/mol. The molecule has 0 unspecified atom stereocenters. The highest BCUT2D eigenvalue weighted by Crippen LogP contribution is 2.10. The lowest BCUT2D eigenvalue weighted by molar-refractivity contribution is -0.132. The third-order valence-electron chi connectivity index (χ3n) is 4.86. The van der Waals surface area contributed by atoms with Gasteiger partial charge in [0, 0.05) is 38.3 Å². The molecule has 6 heteroatoms. The third-order valence-corrected chi connectivity index (χ3v) is 4.86. The maximum absolute atomic E-state index is 13.0. The smallest absolute Gasteiger partial charge is 0.254 e. The van der Waals surface area contributed by atoms with Gasteiger partial charge >= 0.3 is 0 Å². The summed E-state index contributed by atoms with van der Waals surface area (Å²) in [5.74, 6) is -0.222. The summed E-state index contributed by atoms with van der Waals surface area (Å²) in [5, 5.41) is 12.2. The van der Waals surface area contributed by atoms with Gasteiger partial charge in [0.05, 0.1) is 11.6 Å². The van der Waals surface area contributed by atoms with E-state index >= 15 is 0 Å². The monoisotopic (exact) mass is 376 g/mol. The van der Waals surface area contributed by atoms with E-state index in [1.807, 2.05) is 30.3 Å². The van der Waals surface area contributed by atoms with E-state index in [0.29, 0.717) is 37.2 Å². The lowest BCUT2D eigenvalue weighted by atomic mass is 10.1. The van der Waals surface area contributed by atoms with E-state index < -0.39 is 0 Å². The normalized spacial score (nSPS) is 13.6. The SMILES string of the molecule is N#Cc1ccc(C(=O)N(CCc2ccccc2)CC(=O)N2CCNCC2)cc1. The Balaban J connectivity index is 1.73. The van der Waals surface area contributed by atoms with Crippen molar-refractivity contribution in [2.24, 2.45) is 0 Å². The highest BCUT2D eigenvalue weighted by atomic mass is 16.2. The van der Waals surface area contributed by atoms with Crippen LogP contribution in [0.15, 0.2) is 54.6 Å². The molecule has 3 rings (SSSR count). The largest absolute Gasteiger partial charge is 0.339 e. The molecule has 0 radical (unpaired) electrons. The minimum atomic E-state index is -0.191. The molecule has 1 saturated heterocycles. The van der Waals surface area contributed by atoms with Gasteiger partial charge in [-0.15, -0.1) is 0 Å². The maximum atomic E-state index is 13.0. The first kappa shape index (κ1) is 19.6. The molecule has 144 valence electrons. The van der Waals surface area contributed by atoms with Gasteiger partial charge in [0.15, 0.2) is 0 Å². The zero-order valence-electron chi connectivity index (χ0n) is 15.8. The quantitative estimate of drug-likeness (QED) is 0.832. The van der Waals surface area contributed by atoms with Gasteiger partial charge in [0.2, 0.25) is 5.91 Å². The zero-order chi connectivity index (χ0) is 19.8. The Bertz CT molecular complexity index is 837. The van der Waals surface area contributed by atoms with Gasteiger partial charge in [0.1, 0.15) is 6.54 Å².